The lowest BCUT2D eigenvalue weighted by Gasteiger charge is -2.47. The summed E-state index contributed by atoms with van der Waals surface area (Å²) in [6, 6.07) is 4.29. The van der Waals surface area contributed by atoms with Gasteiger partial charge in [-0.15, -0.1) is 0 Å². The van der Waals surface area contributed by atoms with Crippen molar-refractivity contribution in [2.45, 2.75) is 39.8 Å². The highest BCUT2D eigenvalue weighted by Gasteiger charge is 2.41. The van der Waals surface area contributed by atoms with Crippen LogP contribution in [0, 0.1) is 13.8 Å². The summed E-state index contributed by atoms with van der Waals surface area (Å²) in [5.41, 5.74) is 3.66. The summed E-state index contributed by atoms with van der Waals surface area (Å²) in [5.74, 6) is -0.196. The Morgan fingerprint density at radius 1 is 1.37 bits per heavy atom. The van der Waals surface area contributed by atoms with Crippen LogP contribution in [0.15, 0.2) is 16.6 Å². The van der Waals surface area contributed by atoms with Crippen molar-refractivity contribution < 1.29 is 9.53 Å². The van der Waals surface area contributed by atoms with Crippen LogP contribution in [0.1, 0.15) is 30.5 Å². The molecule has 2 rings (SSSR count). The van der Waals surface area contributed by atoms with Crippen molar-refractivity contribution in [3.05, 3.63) is 33.3 Å². The van der Waals surface area contributed by atoms with Gasteiger partial charge in [-0.1, -0.05) is 15.9 Å². The van der Waals surface area contributed by atoms with Crippen molar-refractivity contribution in [1.82, 2.24) is 4.90 Å². The van der Waals surface area contributed by atoms with Crippen LogP contribution >= 0.6 is 15.9 Å². The van der Waals surface area contributed by atoms with E-state index in [-0.39, 0.29) is 11.6 Å². The van der Waals surface area contributed by atoms with Gasteiger partial charge in [0, 0.05) is 31.0 Å². The number of rotatable bonds is 3. The lowest BCUT2D eigenvalue weighted by atomic mass is 9.94. The normalized spacial score (nSPS) is 17.9. The Balaban J connectivity index is 2.00. The largest absolute Gasteiger partial charge is 0.457 e. The molecular formula is C15H20BrNO2. The van der Waals surface area contributed by atoms with E-state index in [9.17, 15) is 4.79 Å². The van der Waals surface area contributed by atoms with Gasteiger partial charge in [0.05, 0.1) is 0 Å². The average molecular weight is 326 g/mol. The third-order valence-electron chi connectivity index (χ3n) is 3.55. The topological polar surface area (TPSA) is 29.5 Å². The number of hydrogen-bond donors (Lipinski definition) is 0. The standard InChI is InChI=1S/C15H20BrNO2/c1-10-5-13(16)6-11(2)14(10)7-17-8-15(4,9-17)19-12(3)18/h5-6H,7-9H2,1-4H3. The molecule has 1 heterocycles. The molecule has 0 amide bonds. The molecule has 1 fully saturated rings. The number of carbonyl (C=O) groups is 1. The van der Waals surface area contributed by atoms with Crippen molar-refractivity contribution in [2.24, 2.45) is 0 Å². The minimum Gasteiger partial charge on any atom is -0.457 e. The van der Waals surface area contributed by atoms with Gasteiger partial charge in [0.15, 0.2) is 0 Å². The van der Waals surface area contributed by atoms with E-state index in [1.165, 1.54) is 23.6 Å². The highest BCUT2D eigenvalue weighted by atomic mass is 79.9. The summed E-state index contributed by atoms with van der Waals surface area (Å²) in [6.45, 7) is 10.3. The Labute approximate surface area is 123 Å². The van der Waals surface area contributed by atoms with Gasteiger partial charge in [-0.25, -0.2) is 0 Å². The predicted octanol–water partition coefficient (Wildman–Crippen LogP) is 3.20. The molecule has 0 atom stereocenters. The number of esters is 1. The van der Waals surface area contributed by atoms with Gasteiger partial charge in [-0.2, -0.15) is 0 Å². The molecule has 0 aliphatic carbocycles. The predicted molar refractivity (Wildman–Crippen MR) is 79.1 cm³/mol. The van der Waals surface area contributed by atoms with E-state index in [1.54, 1.807) is 0 Å². The third-order valence-corrected chi connectivity index (χ3v) is 4.01. The van der Waals surface area contributed by atoms with Crippen LogP contribution in [0.4, 0.5) is 0 Å². The van der Waals surface area contributed by atoms with Crippen molar-refractivity contribution >= 4 is 21.9 Å². The van der Waals surface area contributed by atoms with E-state index >= 15 is 0 Å². The first-order chi connectivity index (χ1) is 8.79. The van der Waals surface area contributed by atoms with Crippen LogP contribution in [-0.2, 0) is 16.1 Å². The van der Waals surface area contributed by atoms with Crippen LogP contribution in [0.2, 0.25) is 0 Å². The molecule has 1 aromatic rings. The second kappa shape index (κ2) is 5.25. The molecule has 1 aromatic carbocycles. The summed E-state index contributed by atoms with van der Waals surface area (Å²) < 4.78 is 6.46. The first kappa shape index (κ1) is 14.5. The summed E-state index contributed by atoms with van der Waals surface area (Å²) in [5, 5.41) is 0. The van der Waals surface area contributed by atoms with Gasteiger partial charge in [-0.3, -0.25) is 9.69 Å². The van der Waals surface area contributed by atoms with Crippen LogP contribution in [-0.4, -0.2) is 29.6 Å². The Morgan fingerprint density at radius 3 is 2.37 bits per heavy atom. The molecule has 4 heteroatoms. The zero-order chi connectivity index (χ0) is 14.2. The van der Waals surface area contributed by atoms with Gasteiger partial charge in [-0.05, 0) is 49.6 Å². The Hall–Kier alpha value is -0.870. The summed E-state index contributed by atoms with van der Waals surface area (Å²) >= 11 is 3.52. The molecule has 0 saturated carbocycles. The SMILES string of the molecule is CC(=O)OC1(C)CN(Cc2c(C)cc(Br)cc2C)C1. The fourth-order valence-corrected chi connectivity index (χ4v) is 3.52. The average Bonchev–Trinajstić information content (AvgIpc) is 2.19. The van der Waals surface area contributed by atoms with Crippen LogP contribution in [0.5, 0.6) is 0 Å². The van der Waals surface area contributed by atoms with Crippen molar-refractivity contribution in [2.75, 3.05) is 13.1 Å². The zero-order valence-electron chi connectivity index (χ0n) is 11.9. The lowest BCUT2D eigenvalue weighted by molar-refractivity contribution is -0.174. The van der Waals surface area contributed by atoms with Crippen molar-refractivity contribution in [3.63, 3.8) is 0 Å². The molecule has 0 N–H and O–H groups in total. The van der Waals surface area contributed by atoms with E-state index in [0.29, 0.717) is 0 Å². The number of likely N-dealkylation sites (tertiary alicyclic amines) is 1. The molecule has 3 nitrogen and oxygen atoms in total. The third kappa shape index (κ3) is 3.37. The molecule has 0 aromatic heterocycles. The summed E-state index contributed by atoms with van der Waals surface area (Å²) in [6.07, 6.45) is 0. The van der Waals surface area contributed by atoms with Crippen molar-refractivity contribution in [3.8, 4) is 0 Å². The lowest BCUT2D eigenvalue weighted by Crippen LogP contribution is -2.61. The maximum absolute atomic E-state index is 11.0. The molecule has 104 valence electrons. The second-order valence-electron chi connectivity index (χ2n) is 5.71. The Morgan fingerprint density at radius 2 is 1.89 bits per heavy atom. The van der Waals surface area contributed by atoms with E-state index in [4.69, 9.17) is 4.74 Å². The van der Waals surface area contributed by atoms with Gasteiger partial charge in [0.1, 0.15) is 5.60 Å². The van der Waals surface area contributed by atoms with E-state index < -0.39 is 0 Å². The molecule has 0 spiro atoms. The maximum Gasteiger partial charge on any atom is 0.303 e. The second-order valence-corrected chi connectivity index (χ2v) is 6.62. The van der Waals surface area contributed by atoms with E-state index in [2.05, 4.69) is 46.8 Å². The van der Waals surface area contributed by atoms with E-state index in [1.807, 2.05) is 6.92 Å². The molecule has 1 aliphatic heterocycles. The number of aryl methyl sites for hydroxylation is 2. The summed E-state index contributed by atoms with van der Waals surface area (Å²) in [7, 11) is 0. The van der Waals surface area contributed by atoms with Gasteiger partial charge in [0.25, 0.3) is 0 Å². The molecule has 19 heavy (non-hydrogen) atoms. The Kier molecular flexibility index (Phi) is 4.02. The smallest absolute Gasteiger partial charge is 0.303 e. The van der Waals surface area contributed by atoms with Crippen molar-refractivity contribution in [1.29, 1.82) is 0 Å². The first-order valence-electron chi connectivity index (χ1n) is 6.47. The van der Waals surface area contributed by atoms with Crippen LogP contribution in [0.25, 0.3) is 0 Å². The minimum atomic E-state index is -0.303. The molecular weight excluding hydrogens is 306 g/mol. The minimum absolute atomic E-state index is 0.196. The highest BCUT2D eigenvalue weighted by molar-refractivity contribution is 9.10. The molecule has 1 aliphatic rings. The molecule has 0 bridgehead atoms. The quantitative estimate of drug-likeness (QED) is 0.799. The van der Waals surface area contributed by atoms with E-state index in [0.717, 1.165) is 24.1 Å². The van der Waals surface area contributed by atoms with Gasteiger partial charge >= 0.3 is 5.97 Å². The molecule has 0 unspecified atom stereocenters. The number of hydrogen-bond acceptors (Lipinski definition) is 3. The summed E-state index contributed by atoms with van der Waals surface area (Å²) in [4.78, 5) is 13.3. The Bertz CT molecular complexity index is 484. The highest BCUT2D eigenvalue weighted by Crippen LogP contribution is 2.29. The van der Waals surface area contributed by atoms with Crippen LogP contribution in [0.3, 0.4) is 0 Å². The molecule has 1 saturated heterocycles. The maximum atomic E-state index is 11.0. The van der Waals surface area contributed by atoms with Gasteiger partial charge < -0.3 is 4.74 Å². The van der Waals surface area contributed by atoms with Crippen LogP contribution < -0.4 is 0 Å². The first-order valence-corrected chi connectivity index (χ1v) is 7.26. The number of halogens is 1. The monoisotopic (exact) mass is 325 g/mol. The fraction of sp³-hybridized carbons (Fsp3) is 0.533. The molecule has 0 radical (unpaired) electrons. The number of carbonyl (C=O) groups excluding carboxylic acids is 1. The number of benzene rings is 1. The number of nitrogens with zero attached hydrogens (tertiary/aromatic N) is 1. The fourth-order valence-electron chi connectivity index (χ4n) is 2.84. The number of ether oxygens (including phenoxy) is 1. The zero-order valence-corrected chi connectivity index (χ0v) is 13.5. The van der Waals surface area contributed by atoms with Gasteiger partial charge in [0.2, 0.25) is 0 Å².